The fourth-order valence-corrected chi connectivity index (χ4v) is 1.64. The number of carbonyl (C=O) groups excluding carboxylic acids is 3. The molecule has 1 aromatic carbocycles. The van der Waals surface area contributed by atoms with Crippen LogP contribution in [0.15, 0.2) is 18.2 Å². The quantitative estimate of drug-likeness (QED) is 0.458. The number of rotatable bonds is 7. The second-order valence-corrected chi connectivity index (χ2v) is 4.36. The lowest BCUT2D eigenvalue weighted by Gasteiger charge is -2.18. The van der Waals surface area contributed by atoms with Crippen molar-refractivity contribution in [2.45, 2.75) is 0 Å². The molecule has 9 heteroatoms. The molecule has 7 N–H and O–H groups in total. The summed E-state index contributed by atoms with van der Waals surface area (Å²) in [5.41, 5.74) is 15.9. The minimum absolute atomic E-state index is 0.0955. The number of nitrogens with two attached hydrogens (primary N) is 3. The first-order valence-corrected chi connectivity index (χ1v) is 5.91. The third kappa shape index (κ3) is 5.87. The van der Waals surface area contributed by atoms with Crippen LogP contribution in [0.25, 0.3) is 0 Å². The van der Waals surface area contributed by atoms with Gasteiger partial charge >= 0.3 is 0 Å². The lowest BCUT2D eigenvalue weighted by atomic mass is 10.2. The standard InChI is InChI=1S/C12H16FN5O3/c13-7-1-2-8(14)9(3-7)17-12(21)6-18(4-10(15)19)5-11(16)20/h1-3H,4-6,14H2,(H2,15,19)(H2,16,20)(H,17,21). The number of benzene rings is 1. The Bertz CT molecular complexity index is 548. The van der Waals surface area contributed by atoms with Crippen molar-refractivity contribution in [3.05, 3.63) is 24.0 Å². The molecule has 0 atom stereocenters. The summed E-state index contributed by atoms with van der Waals surface area (Å²) in [6.45, 7) is -0.939. The van der Waals surface area contributed by atoms with Gasteiger partial charge in [0.1, 0.15) is 5.82 Å². The first kappa shape index (κ1) is 16.4. The second-order valence-electron chi connectivity index (χ2n) is 4.36. The molecule has 1 aromatic rings. The Kier molecular flexibility index (Phi) is 5.61. The molecule has 0 fully saturated rings. The molecule has 0 unspecified atom stereocenters. The van der Waals surface area contributed by atoms with E-state index in [1.165, 1.54) is 6.07 Å². The van der Waals surface area contributed by atoms with E-state index in [0.717, 1.165) is 17.0 Å². The molecule has 8 nitrogen and oxygen atoms in total. The van der Waals surface area contributed by atoms with Gasteiger partial charge in [-0.1, -0.05) is 0 Å². The zero-order valence-corrected chi connectivity index (χ0v) is 11.1. The molecule has 0 aliphatic carbocycles. The van der Waals surface area contributed by atoms with Gasteiger partial charge in [0, 0.05) is 0 Å². The normalized spacial score (nSPS) is 10.4. The molecule has 0 radical (unpaired) electrons. The van der Waals surface area contributed by atoms with Gasteiger partial charge in [-0.2, -0.15) is 0 Å². The second kappa shape index (κ2) is 7.20. The van der Waals surface area contributed by atoms with Crippen molar-refractivity contribution in [3.63, 3.8) is 0 Å². The van der Waals surface area contributed by atoms with Gasteiger partial charge in [0.15, 0.2) is 0 Å². The smallest absolute Gasteiger partial charge is 0.238 e. The summed E-state index contributed by atoms with van der Waals surface area (Å²) < 4.78 is 13.1. The van der Waals surface area contributed by atoms with E-state index in [2.05, 4.69) is 5.32 Å². The first-order chi connectivity index (χ1) is 9.77. The highest BCUT2D eigenvalue weighted by atomic mass is 19.1. The summed E-state index contributed by atoms with van der Waals surface area (Å²) in [7, 11) is 0. The van der Waals surface area contributed by atoms with Crippen molar-refractivity contribution in [3.8, 4) is 0 Å². The van der Waals surface area contributed by atoms with Gasteiger partial charge in [-0.25, -0.2) is 4.39 Å². The fourth-order valence-electron chi connectivity index (χ4n) is 1.64. The number of nitrogen functional groups attached to an aromatic ring is 1. The van der Waals surface area contributed by atoms with E-state index in [-0.39, 0.29) is 31.0 Å². The minimum Gasteiger partial charge on any atom is -0.397 e. The molecule has 0 aliphatic rings. The highest BCUT2D eigenvalue weighted by molar-refractivity contribution is 5.95. The molecule has 0 aromatic heterocycles. The zero-order chi connectivity index (χ0) is 16.0. The van der Waals surface area contributed by atoms with E-state index in [4.69, 9.17) is 17.2 Å². The molecule has 0 saturated carbocycles. The van der Waals surface area contributed by atoms with Crippen LogP contribution in [0, 0.1) is 5.82 Å². The van der Waals surface area contributed by atoms with Crippen LogP contribution in [0.1, 0.15) is 0 Å². The molecule has 3 amide bonds. The largest absolute Gasteiger partial charge is 0.397 e. The molecule has 0 heterocycles. The van der Waals surface area contributed by atoms with Gasteiger partial charge in [0.05, 0.1) is 31.0 Å². The van der Waals surface area contributed by atoms with E-state index in [1.807, 2.05) is 0 Å². The van der Waals surface area contributed by atoms with Crippen molar-refractivity contribution in [1.29, 1.82) is 0 Å². The Balaban J connectivity index is 2.70. The van der Waals surface area contributed by atoms with Gasteiger partial charge in [0.2, 0.25) is 17.7 Å². The zero-order valence-electron chi connectivity index (χ0n) is 11.1. The Morgan fingerprint density at radius 3 is 2.19 bits per heavy atom. The van der Waals surface area contributed by atoms with Gasteiger partial charge in [-0.05, 0) is 18.2 Å². The number of primary amides is 2. The molecule has 0 spiro atoms. The molecular formula is C12H16FN5O3. The summed E-state index contributed by atoms with van der Waals surface area (Å²) in [5.74, 6) is -2.58. The van der Waals surface area contributed by atoms with Gasteiger partial charge in [-0.3, -0.25) is 19.3 Å². The monoisotopic (exact) mass is 297 g/mol. The van der Waals surface area contributed by atoms with Crippen LogP contribution in [-0.2, 0) is 14.4 Å². The Labute approximate surface area is 120 Å². The van der Waals surface area contributed by atoms with Crippen LogP contribution < -0.4 is 22.5 Å². The van der Waals surface area contributed by atoms with Crippen molar-refractivity contribution >= 4 is 29.1 Å². The predicted octanol–water partition coefficient (Wildman–Crippen LogP) is -1.38. The SMILES string of the molecule is NC(=O)CN(CC(N)=O)CC(=O)Nc1cc(F)ccc1N. The summed E-state index contributed by atoms with van der Waals surface area (Å²) in [5, 5.41) is 2.38. The van der Waals surface area contributed by atoms with Crippen LogP contribution >= 0.6 is 0 Å². The van der Waals surface area contributed by atoms with Gasteiger partial charge in [-0.15, -0.1) is 0 Å². The number of hydrogen-bond acceptors (Lipinski definition) is 5. The molecule has 21 heavy (non-hydrogen) atoms. The van der Waals surface area contributed by atoms with E-state index in [9.17, 15) is 18.8 Å². The lowest BCUT2D eigenvalue weighted by Crippen LogP contribution is -2.43. The first-order valence-electron chi connectivity index (χ1n) is 5.91. The average molecular weight is 297 g/mol. The summed E-state index contributed by atoms with van der Waals surface area (Å²) >= 11 is 0. The van der Waals surface area contributed by atoms with Crippen molar-refractivity contribution in [2.75, 3.05) is 30.7 Å². The fraction of sp³-hybridized carbons (Fsp3) is 0.250. The average Bonchev–Trinajstić information content (AvgIpc) is 2.31. The molecular weight excluding hydrogens is 281 g/mol. The Hall–Kier alpha value is -2.68. The third-order valence-electron chi connectivity index (χ3n) is 2.42. The maximum Gasteiger partial charge on any atom is 0.238 e. The van der Waals surface area contributed by atoms with Crippen LogP contribution in [0.3, 0.4) is 0 Å². The van der Waals surface area contributed by atoms with Crippen LogP contribution in [0.5, 0.6) is 0 Å². The summed E-state index contributed by atoms with van der Waals surface area (Å²) in [6, 6.07) is 3.51. The van der Waals surface area contributed by atoms with Crippen LogP contribution in [-0.4, -0.2) is 42.3 Å². The maximum atomic E-state index is 13.1. The van der Waals surface area contributed by atoms with Crippen molar-refractivity contribution in [2.24, 2.45) is 11.5 Å². The van der Waals surface area contributed by atoms with Crippen molar-refractivity contribution in [1.82, 2.24) is 4.90 Å². The number of hydrogen-bond donors (Lipinski definition) is 4. The summed E-state index contributed by atoms with van der Waals surface area (Å²) in [6.07, 6.45) is 0. The lowest BCUT2D eigenvalue weighted by molar-refractivity contribution is -0.123. The Morgan fingerprint density at radius 1 is 1.10 bits per heavy atom. The maximum absolute atomic E-state index is 13.1. The van der Waals surface area contributed by atoms with E-state index >= 15 is 0 Å². The van der Waals surface area contributed by atoms with E-state index in [1.54, 1.807) is 0 Å². The highest BCUT2D eigenvalue weighted by Crippen LogP contribution is 2.18. The minimum atomic E-state index is -0.714. The van der Waals surface area contributed by atoms with Gasteiger partial charge in [0.25, 0.3) is 0 Å². The van der Waals surface area contributed by atoms with E-state index < -0.39 is 23.5 Å². The topological polar surface area (TPSA) is 145 Å². The number of halogens is 1. The highest BCUT2D eigenvalue weighted by Gasteiger charge is 2.16. The van der Waals surface area contributed by atoms with E-state index in [0.29, 0.717) is 0 Å². The number of nitrogens with one attached hydrogen (secondary N) is 1. The number of anilines is 2. The molecule has 0 bridgehead atoms. The molecule has 114 valence electrons. The Morgan fingerprint density at radius 2 is 1.67 bits per heavy atom. The predicted molar refractivity (Wildman–Crippen MR) is 74.3 cm³/mol. The number of nitrogens with zero attached hydrogens (tertiary/aromatic N) is 1. The van der Waals surface area contributed by atoms with Crippen LogP contribution in [0.4, 0.5) is 15.8 Å². The number of carbonyl (C=O) groups is 3. The van der Waals surface area contributed by atoms with Gasteiger partial charge < -0.3 is 22.5 Å². The van der Waals surface area contributed by atoms with Crippen LogP contribution in [0.2, 0.25) is 0 Å². The number of amides is 3. The summed E-state index contributed by atoms with van der Waals surface area (Å²) in [4.78, 5) is 34.7. The molecule has 1 rings (SSSR count). The molecule has 0 aliphatic heterocycles. The van der Waals surface area contributed by atoms with Crippen molar-refractivity contribution < 1.29 is 18.8 Å². The molecule has 0 saturated heterocycles. The third-order valence-corrected chi connectivity index (χ3v) is 2.42.